The second-order valence-corrected chi connectivity index (χ2v) is 4.19. The average molecular weight is 294 g/mol. The van der Waals surface area contributed by atoms with Gasteiger partial charge in [0.15, 0.2) is 12.4 Å². The van der Waals surface area contributed by atoms with Crippen LogP contribution in [-0.2, 0) is 9.59 Å². The van der Waals surface area contributed by atoms with Crippen molar-refractivity contribution in [2.24, 2.45) is 16.6 Å². The highest BCUT2D eigenvalue weighted by atomic mass is 16.5. The van der Waals surface area contributed by atoms with Crippen molar-refractivity contribution in [3.05, 3.63) is 29.8 Å². The van der Waals surface area contributed by atoms with Crippen molar-refractivity contribution in [2.45, 2.75) is 12.8 Å². The number of primary amides is 1. The summed E-state index contributed by atoms with van der Waals surface area (Å²) in [6, 6.07) is 6.61. The van der Waals surface area contributed by atoms with Gasteiger partial charge in [-0.1, -0.05) is 17.3 Å². The van der Waals surface area contributed by atoms with Gasteiger partial charge in [0.1, 0.15) is 5.75 Å². The molecule has 0 aliphatic heterocycles. The Labute approximate surface area is 121 Å². The molecule has 21 heavy (non-hydrogen) atoms. The van der Waals surface area contributed by atoms with E-state index in [-0.39, 0.29) is 24.8 Å². The van der Waals surface area contributed by atoms with Crippen molar-refractivity contribution in [1.29, 1.82) is 0 Å². The zero-order valence-electron chi connectivity index (χ0n) is 11.4. The summed E-state index contributed by atoms with van der Waals surface area (Å²) in [6.45, 7) is 0.124. The molecule has 0 spiro atoms. The van der Waals surface area contributed by atoms with Crippen molar-refractivity contribution >= 4 is 17.6 Å². The molecule has 0 aromatic heterocycles. The van der Waals surface area contributed by atoms with Crippen LogP contribution >= 0.6 is 0 Å². The fraction of sp³-hybridized carbons (Fsp3) is 0.308. The third-order valence-corrected chi connectivity index (χ3v) is 2.55. The Hall–Kier alpha value is -2.77. The maximum absolute atomic E-state index is 11.5. The highest BCUT2D eigenvalue weighted by Crippen LogP contribution is 2.17. The van der Waals surface area contributed by atoms with E-state index in [4.69, 9.17) is 21.4 Å². The molecule has 0 saturated carbocycles. The van der Waals surface area contributed by atoms with Crippen LogP contribution in [0.25, 0.3) is 0 Å². The topological polar surface area (TPSA) is 140 Å². The van der Waals surface area contributed by atoms with E-state index in [2.05, 4.69) is 10.5 Å². The molecule has 1 aromatic carbocycles. The summed E-state index contributed by atoms with van der Waals surface area (Å²) >= 11 is 0. The molecule has 0 radical (unpaired) electrons. The zero-order valence-corrected chi connectivity index (χ0v) is 11.4. The Morgan fingerprint density at radius 3 is 2.67 bits per heavy atom. The van der Waals surface area contributed by atoms with E-state index in [1.807, 2.05) is 0 Å². The van der Waals surface area contributed by atoms with Gasteiger partial charge in [-0.15, -0.1) is 0 Å². The normalized spacial score (nSPS) is 11.0. The molecule has 6 N–H and O–H groups in total. The van der Waals surface area contributed by atoms with Gasteiger partial charge in [0, 0.05) is 13.0 Å². The molecule has 8 heteroatoms. The van der Waals surface area contributed by atoms with Gasteiger partial charge >= 0.3 is 0 Å². The number of carbonyl (C=O) groups is 2. The average Bonchev–Trinajstić information content (AvgIpc) is 2.48. The maximum Gasteiger partial charge on any atom is 0.257 e. The Balaban J connectivity index is 2.45. The summed E-state index contributed by atoms with van der Waals surface area (Å²) in [5, 5.41) is 14.2. The Morgan fingerprint density at radius 1 is 1.29 bits per heavy atom. The number of para-hydroxylation sites is 1. The van der Waals surface area contributed by atoms with Crippen LogP contribution in [0.3, 0.4) is 0 Å². The first-order chi connectivity index (χ1) is 10.0. The summed E-state index contributed by atoms with van der Waals surface area (Å²) in [6.07, 6.45) is 0.690. The lowest BCUT2D eigenvalue weighted by molar-refractivity contribution is -0.123. The van der Waals surface area contributed by atoms with E-state index in [1.165, 1.54) is 0 Å². The number of amidine groups is 1. The van der Waals surface area contributed by atoms with Crippen LogP contribution in [0, 0.1) is 0 Å². The number of hydrogen-bond acceptors (Lipinski definition) is 5. The van der Waals surface area contributed by atoms with Crippen molar-refractivity contribution in [2.75, 3.05) is 13.2 Å². The standard InChI is InChI=1S/C13H18N4O4/c14-11(18)6-3-7-16-12(19)8-21-10-5-2-1-4-9(10)13(15)17-20/h1-2,4-5,20H,3,6-8H2,(H2,14,18)(H2,15,17)(H,16,19). The summed E-state index contributed by atoms with van der Waals surface area (Å²) in [5.41, 5.74) is 10.9. The molecule has 1 rings (SSSR count). The van der Waals surface area contributed by atoms with E-state index in [9.17, 15) is 9.59 Å². The van der Waals surface area contributed by atoms with Gasteiger partial charge in [-0.3, -0.25) is 9.59 Å². The number of amides is 2. The predicted molar refractivity (Wildman–Crippen MR) is 75.9 cm³/mol. The van der Waals surface area contributed by atoms with Gasteiger partial charge < -0.3 is 26.7 Å². The first-order valence-corrected chi connectivity index (χ1v) is 6.29. The Morgan fingerprint density at radius 2 is 2.00 bits per heavy atom. The molecular formula is C13H18N4O4. The van der Waals surface area contributed by atoms with Crippen LogP contribution in [0.2, 0.25) is 0 Å². The lowest BCUT2D eigenvalue weighted by Gasteiger charge is -2.10. The van der Waals surface area contributed by atoms with Crippen LogP contribution in [0.1, 0.15) is 18.4 Å². The van der Waals surface area contributed by atoms with E-state index < -0.39 is 5.91 Å². The predicted octanol–water partition coefficient (Wildman–Crippen LogP) is -0.458. The van der Waals surface area contributed by atoms with Crippen molar-refractivity contribution in [3.63, 3.8) is 0 Å². The number of nitrogens with two attached hydrogens (primary N) is 2. The fourth-order valence-electron chi connectivity index (χ4n) is 1.54. The number of nitrogens with one attached hydrogen (secondary N) is 1. The quantitative estimate of drug-likeness (QED) is 0.169. The molecule has 2 amide bonds. The second kappa shape index (κ2) is 8.41. The molecule has 1 aromatic rings. The van der Waals surface area contributed by atoms with E-state index in [0.717, 1.165) is 0 Å². The number of carbonyl (C=O) groups excluding carboxylic acids is 2. The summed E-state index contributed by atoms with van der Waals surface area (Å²) in [4.78, 5) is 22.1. The number of rotatable bonds is 8. The largest absolute Gasteiger partial charge is 0.483 e. The lowest BCUT2D eigenvalue weighted by Crippen LogP contribution is -2.30. The van der Waals surface area contributed by atoms with E-state index in [0.29, 0.717) is 24.3 Å². The van der Waals surface area contributed by atoms with Crippen molar-refractivity contribution in [1.82, 2.24) is 5.32 Å². The van der Waals surface area contributed by atoms with Crippen LogP contribution in [0.15, 0.2) is 29.4 Å². The molecule has 0 heterocycles. The third-order valence-electron chi connectivity index (χ3n) is 2.55. The SMILES string of the molecule is NC(=O)CCCNC(=O)COc1ccccc1/C(N)=N/O. The Bertz CT molecular complexity index is 531. The molecule has 0 aliphatic rings. The summed E-state index contributed by atoms with van der Waals surface area (Å²) in [7, 11) is 0. The van der Waals surface area contributed by atoms with Crippen molar-refractivity contribution in [3.8, 4) is 5.75 Å². The molecule has 8 nitrogen and oxygen atoms in total. The molecule has 0 aliphatic carbocycles. The minimum atomic E-state index is -0.409. The van der Waals surface area contributed by atoms with Gasteiger partial charge in [0.25, 0.3) is 5.91 Å². The Kier molecular flexibility index (Phi) is 6.52. The number of hydrogen-bond donors (Lipinski definition) is 4. The summed E-state index contributed by atoms with van der Waals surface area (Å²) < 4.78 is 5.32. The van der Waals surface area contributed by atoms with Crippen LogP contribution in [0.4, 0.5) is 0 Å². The van der Waals surface area contributed by atoms with Crippen LogP contribution < -0.4 is 21.5 Å². The van der Waals surface area contributed by atoms with Gasteiger partial charge in [-0.2, -0.15) is 0 Å². The molecule has 0 fully saturated rings. The monoisotopic (exact) mass is 294 g/mol. The molecular weight excluding hydrogens is 276 g/mol. The van der Waals surface area contributed by atoms with E-state index in [1.54, 1.807) is 24.3 Å². The zero-order chi connectivity index (χ0) is 15.7. The second-order valence-electron chi connectivity index (χ2n) is 4.19. The number of nitrogens with zero attached hydrogens (tertiary/aromatic N) is 1. The highest BCUT2D eigenvalue weighted by molar-refractivity contribution is 5.99. The van der Waals surface area contributed by atoms with Crippen molar-refractivity contribution < 1.29 is 19.5 Å². The number of oxime groups is 1. The minimum Gasteiger partial charge on any atom is -0.483 e. The smallest absolute Gasteiger partial charge is 0.257 e. The first kappa shape index (κ1) is 16.3. The van der Waals surface area contributed by atoms with Crippen LogP contribution in [-0.4, -0.2) is 36.0 Å². The van der Waals surface area contributed by atoms with Crippen LogP contribution in [0.5, 0.6) is 5.75 Å². The molecule has 114 valence electrons. The third kappa shape index (κ3) is 5.81. The van der Waals surface area contributed by atoms with Gasteiger partial charge in [-0.25, -0.2) is 0 Å². The molecule has 0 bridgehead atoms. The lowest BCUT2D eigenvalue weighted by atomic mass is 10.2. The highest BCUT2D eigenvalue weighted by Gasteiger charge is 2.09. The van der Waals surface area contributed by atoms with Gasteiger partial charge in [0.2, 0.25) is 5.91 Å². The first-order valence-electron chi connectivity index (χ1n) is 6.29. The van der Waals surface area contributed by atoms with Gasteiger partial charge in [0.05, 0.1) is 5.56 Å². The molecule has 0 atom stereocenters. The summed E-state index contributed by atoms with van der Waals surface area (Å²) in [5.74, 6) is -0.519. The van der Waals surface area contributed by atoms with Gasteiger partial charge in [-0.05, 0) is 18.6 Å². The number of benzene rings is 1. The maximum atomic E-state index is 11.5. The molecule has 0 saturated heterocycles. The fourth-order valence-corrected chi connectivity index (χ4v) is 1.54. The molecule has 0 unspecified atom stereocenters. The van der Waals surface area contributed by atoms with E-state index >= 15 is 0 Å². The number of ether oxygens (including phenoxy) is 1. The minimum absolute atomic E-state index is 0.104.